The molecule has 1 heterocycles. The Labute approximate surface area is 109 Å². The van der Waals surface area contributed by atoms with Gasteiger partial charge in [-0.05, 0) is 31.4 Å². The molecular formula is C14H22N2O2. The van der Waals surface area contributed by atoms with Crippen LogP contribution in [0.5, 0.6) is 5.88 Å². The van der Waals surface area contributed by atoms with Crippen LogP contribution in [0.15, 0.2) is 12.3 Å². The van der Waals surface area contributed by atoms with Crippen molar-refractivity contribution >= 4 is 5.91 Å². The van der Waals surface area contributed by atoms with Crippen LogP contribution in [-0.4, -0.2) is 36.0 Å². The molecule has 0 aliphatic rings. The standard InChI is InChI=1S/C14H22N2O2/c1-5-7-16(6-2)14(17)9-12-8-13(18-4)15-10-11(12)3/h8,10H,5-7,9H2,1-4H3. The number of pyridine rings is 1. The Morgan fingerprint density at radius 2 is 2.17 bits per heavy atom. The Hall–Kier alpha value is -1.58. The van der Waals surface area contributed by atoms with E-state index in [0.29, 0.717) is 12.3 Å². The molecule has 0 aliphatic carbocycles. The monoisotopic (exact) mass is 250 g/mol. The molecule has 1 rings (SSSR count). The third-order valence-electron chi connectivity index (χ3n) is 2.97. The Balaban J connectivity index is 2.79. The second-order valence-electron chi connectivity index (χ2n) is 4.30. The van der Waals surface area contributed by atoms with Crippen LogP contribution < -0.4 is 4.74 Å². The van der Waals surface area contributed by atoms with Gasteiger partial charge in [0.05, 0.1) is 13.5 Å². The largest absolute Gasteiger partial charge is 0.481 e. The van der Waals surface area contributed by atoms with E-state index in [4.69, 9.17) is 4.74 Å². The maximum atomic E-state index is 12.2. The fourth-order valence-electron chi connectivity index (χ4n) is 1.85. The summed E-state index contributed by atoms with van der Waals surface area (Å²) in [6.07, 6.45) is 3.15. The van der Waals surface area contributed by atoms with Gasteiger partial charge < -0.3 is 9.64 Å². The zero-order valence-corrected chi connectivity index (χ0v) is 11.7. The van der Waals surface area contributed by atoms with Gasteiger partial charge in [0.25, 0.3) is 0 Å². The normalized spacial score (nSPS) is 10.2. The molecule has 0 aliphatic heterocycles. The molecule has 18 heavy (non-hydrogen) atoms. The molecule has 0 unspecified atom stereocenters. The first-order valence-corrected chi connectivity index (χ1v) is 6.39. The molecular weight excluding hydrogens is 228 g/mol. The van der Waals surface area contributed by atoms with Gasteiger partial charge in [-0.1, -0.05) is 6.92 Å². The first-order chi connectivity index (χ1) is 8.62. The minimum Gasteiger partial charge on any atom is -0.481 e. The van der Waals surface area contributed by atoms with Gasteiger partial charge in [0, 0.05) is 25.4 Å². The lowest BCUT2D eigenvalue weighted by molar-refractivity contribution is -0.130. The summed E-state index contributed by atoms with van der Waals surface area (Å²) in [4.78, 5) is 18.2. The summed E-state index contributed by atoms with van der Waals surface area (Å²) < 4.78 is 5.09. The maximum Gasteiger partial charge on any atom is 0.226 e. The third kappa shape index (κ3) is 3.72. The first kappa shape index (κ1) is 14.5. The molecule has 0 atom stereocenters. The molecule has 1 aromatic rings. The minimum atomic E-state index is 0.163. The predicted octanol–water partition coefficient (Wildman–Crippen LogP) is 2.20. The summed E-state index contributed by atoms with van der Waals surface area (Å²) >= 11 is 0. The highest BCUT2D eigenvalue weighted by atomic mass is 16.5. The van der Waals surface area contributed by atoms with Crippen LogP contribution in [0.2, 0.25) is 0 Å². The summed E-state index contributed by atoms with van der Waals surface area (Å²) in [5.41, 5.74) is 2.01. The average Bonchev–Trinajstić information content (AvgIpc) is 2.38. The number of carbonyl (C=O) groups is 1. The van der Waals surface area contributed by atoms with Gasteiger partial charge in [0.2, 0.25) is 11.8 Å². The Morgan fingerprint density at radius 3 is 2.72 bits per heavy atom. The van der Waals surface area contributed by atoms with Gasteiger partial charge in [0.1, 0.15) is 0 Å². The highest BCUT2D eigenvalue weighted by molar-refractivity contribution is 5.79. The highest BCUT2D eigenvalue weighted by Crippen LogP contribution is 2.15. The number of hydrogen-bond donors (Lipinski definition) is 0. The Morgan fingerprint density at radius 1 is 1.44 bits per heavy atom. The van der Waals surface area contributed by atoms with E-state index in [0.717, 1.165) is 30.6 Å². The van der Waals surface area contributed by atoms with Gasteiger partial charge in [-0.3, -0.25) is 4.79 Å². The second kappa shape index (κ2) is 6.99. The zero-order chi connectivity index (χ0) is 13.5. The van der Waals surface area contributed by atoms with E-state index >= 15 is 0 Å². The fraction of sp³-hybridized carbons (Fsp3) is 0.571. The number of rotatable bonds is 6. The number of ether oxygens (including phenoxy) is 1. The average molecular weight is 250 g/mol. The summed E-state index contributed by atoms with van der Waals surface area (Å²) in [6, 6.07) is 1.84. The van der Waals surface area contributed by atoms with Crippen LogP contribution in [0, 0.1) is 6.92 Å². The molecule has 0 saturated heterocycles. The van der Waals surface area contributed by atoms with Crippen molar-refractivity contribution in [3.63, 3.8) is 0 Å². The van der Waals surface area contributed by atoms with E-state index in [-0.39, 0.29) is 5.91 Å². The molecule has 4 heteroatoms. The summed E-state index contributed by atoms with van der Waals surface area (Å²) in [7, 11) is 1.58. The maximum absolute atomic E-state index is 12.2. The number of aromatic nitrogens is 1. The molecule has 0 N–H and O–H groups in total. The zero-order valence-electron chi connectivity index (χ0n) is 11.7. The fourth-order valence-corrected chi connectivity index (χ4v) is 1.85. The lowest BCUT2D eigenvalue weighted by Gasteiger charge is -2.20. The number of carbonyl (C=O) groups excluding carboxylic acids is 1. The van der Waals surface area contributed by atoms with E-state index in [1.54, 1.807) is 13.3 Å². The number of likely N-dealkylation sites (N-methyl/N-ethyl adjacent to an activating group) is 1. The van der Waals surface area contributed by atoms with Crippen molar-refractivity contribution in [3.8, 4) is 5.88 Å². The number of hydrogen-bond acceptors (Lipinski definition) is 3. The van der Waals surface area contributed by atoms with Crippen molar-refractivity contribution in [3.05, 3.63) is 23.4 Å². The first-order valence-electron chi connectivity index (χ1n) is 6.39. The van der Waals surface area contributed by atoms with E-state index in [1.807, 2.05) is 24.8 Å². The molecule has 100 valence electrons. The predicted molar refractivity (Wildman–Crippen MR) is 71.8 cm³/mol. The SMILES string of the molecule is CCCN(CC)C(=O)Cc1cc(OC)ncc1C. The molecule has 0 fully saturated rings. The summed E-state index contributed by atoms with van der Waals surface area (Å²) in [6.45, 7) is 7.62. The number of methoxy groups -OCH3 is 1. The summed E-state index contributed by atoms with van der Waals surface area (Å²) in [5, 5.41) is 0. The van der Waals surface area contributed by atoms with E-state index in [9.17, 15) is 4.79 Å². The van der Waals surface area contributed by atoms with E-state index in [2.05, 4.69) is 11.9 Å². The van der Waals surface area contributed by atoms with Crippen LogP contribution >= 0.6 is 0 Å². The van der Waals surface area contributed by atoms with Crippen LogP contribution in [0.25, 0.3) is 0 Å². The van der Waals surface area contributed by atoms with Crippen molar-refractivity contribution in [1.29, 1.82) is 0 Å². The van der Waals surface area contributed by atoms with Crippen molar-refractivity contribution in [1.82, 2.24) is 9.88 Å². The molecule has 0 aromatic carbocycles. The number of aryl methyl sites for hydroxylation is 1. The Bertz CT molecular complexity index is 405. The van der Waals surface area contributed by atoms with Gasteiger partial charge in [-0.2, -0.15) is 0 Å². The smallest absolute Gasteiger partial charge is 0.226 e. The van der Waals surface area contributed by atoms with Gasteiger partial charge >= 0.3 is 0 Å². The molecule has 1 amide bonds. The third-order valence-corrected chi connectivity index (χ3v) is 2.97. The molecule has 4 nitrogen and oxygen atoms in total. The van der Waals surface area contributed by atoms with Gasteiger partial charge in [-0.25, -0.2) is 4.98 Å². The van der Waals surface area contributed by atoms with Crippen LogP contribution in [0.3, 0.4) is 0 Å². The Kier molecular flexibility index (Phi) is 5.62. The van der Waals surface area contributed by atoms with Crippen LogP contribution in [0.4, 0.5) is 0 Å². The van der Waals surface area contributed by atoms with E-state index in [1.165, 1.54) is 0 Å². The minimum absolute atomic E-state index is 0.163. The van der Waals surface area contributed by atoms with Crippen molar-refractivity contribution in [2.24, 2.45) is 0 Å². The van der Waals surface area contributed by atoms with Crippen LogP contribution in [-0.2, 0) is 11.2 Å². The van der Waals surface area contributed by atoms with Crippen LogP contribution in [0.1, 0.15) is 31.4 Å². The van der Waals surface area contributed by atoms with Crippen molar-refractivity contribution in [2.75, 3.05) is 20.2 Å². The molecule has 0 spiro atoms. The summed E-state index contributed by atoms with van der Waals surface area (Å²) in [5.74, 6) is 0.720. The highest BCUT2D eigenvalue weighted by Gasteiger charge is 2.13. The lowest BCUT2D eigenvalue weighted by atomic mass is 10.1. The topological polar surface area (TPSA) is 42.4 Å². The molecule has 0 bridgehead atoms. The van der Waals surface area contributed by atoms with E-state index < -0.39 is 0 Å². The van der Waals surface area contributed by atoms with Crippen molar-refractivity contribution < 1.29 is 9.53 Å². The quantitative estimate of drug-likeness (QED) is 0.777. The molecule has 1 aromatic heterocycles. The number of amides is 1. The lowest BCUT2D eigenvalue weighted by Crippen LogP contribution is -2.32. The van der Waals surface area contributed by atoms with Gasteiger partial charge in [-0.15, -0.1) is 0 Å². The second-order valence-corrected chi connectivity index (χ2v) is 4.30. The van der Waals surface area contributed by atoms with Crippen molar-refractivity contribution in [2.45, 2.75) is 33.6 Å². The molecule has 0 radical (unpaired) electrons. The molecule has 0 saturated carbocycles. The van der Waals surface area contributed by atoms with Gasteiger partial charge in [0.15, 0.2) is 0 Å². The number of nitrogens with zero attached hydrogens (tertiary/aromatic N) is 2.